The van der Waals surface area contributed by atoms with Crippen LogP contribution in [0.5, 0.6) is 0 Å². The molecule has 1 radical (unpaired) electrons. The third kappa shape index (κ3) is 2.26. The van der Waals surface area contributed by atoms with Crippen molar-refractivity contribution in [3.63, 3.8) is 0 Å². The molecule has 0 saturated carbocycles. The van der Waals surface area contributed by atoms with E-state index in [1.807, 2.05) is 31.5 Å². The molecule has 2 rings (SSSR count). The Balaban J connectivity index is 0.000000845. The van der Waals surface area contributed by atoms with Gasteiger partial charge in [0.1, 0.15) is 0 Å². The number of hydrogen-bond donors (Lipinski definition) is 0. The van der Waals surface area contributed by atoms with E-state index in [9.17, 15) is 0 Å². The van der Waals surface area contributed by atoms with Gasteiger partial charge in [0, 0.05) is 50.6 Å². The zero-order valence-electron chi connectivity index (χ0n) is 7.44. The number of fused-ring (bicyclic) bond motifs is 1. The molecular formula is C10H9N2Y-. The Morgan fingerprint density at radius 3 is 2.46 bits per heavy atom. The SMILES string of the molecule is C[CH-]c1ccc2nccnc2c1.[Y]. The maximum atomic E-state index is 4.21. The van der Waals surface area contributed by atoms with Crippen molar-refractivity contribution in [1.29, 1.82) is 0 Å². The molecule has 0 aliphatic carbocycles. The van der Waals surface area contributed by atoms with Crippen molar-refractivity contribution in [2.45, 2.75) is 6.92 Å². The minimum Gasteiger partial charge on any atom is -0.266 e. The average molecular weight is 246 g/mol. The van der Waals surface area contributed by atoms with Gasteiger partial charge in [-0.3, -0.25) is 9.97 Å². The number of nitrogens with zero attached hydrogens (tertiary/aromatic N) is 2. The van der Waals surface area contributed by atoms with Crippen LogP contribution >= 0.6 is 0 Å². The van der Waals surface area contributed by atoms with E-state index in [-0.39, 0.29) is 32.7 Å². The van der Waals surface area contributed by atoms with Crippen LogP contribution in [0.2, 0.25) is 0 Å². The Morgan fingerprint density at radius 1 is 1.08 bits per heavy atom. The third-order valence-electron chi connectivity index (χ3n) is 1.83. The maximum Gasteiger partial charge on any atom is 0.0642 e. The second-order valence-electron chi connectivity index (χ2n) is 2.59. The number of benzene rings is 1. The second-order valence-corrected chi connectivity index (χ2v) is 2.59. The molecule has 2 aromatic rings. The van der Waals surface area contributed by atoms with Gasteiger partial charge < -0.3 is 0 Å². The van der Waals surface area contributed by atoms with Gasteiger partial charge in [-0.1, -0.05) is 13.0 Å². The van der Waals surface area contributed by atoms with Gasteiger partial charge in [-0.2, -0.15) is 18.1 Å². The third-order valence-corrected chi connectivity index (χ3v) is 1.83. The molecule has 63 valence electrons. The van der Waals surface area contributed by atoms with Crippen LogP contribution in [0.1, 0.15) is 12.5 Å². The first-order valence-corrected chi connectivity index (χ1v) is 3.90. The Morgan fingerprint density at radius 2 is 1.77 bits per heavy atom. The molecule has 0 unspecified atom stereocenters. The van der Waals surface area contributed by atoms with Gasteiger partial charge in [0.15, 0.2) is 0 Å². The van der Waals surface area contributed by atoms with Crippen LogP contribution < -0.4 is 0 Å². The summed E-state index contributed by atoms with van der Waals surface area (Å²) in [7, 11) is 0. The van der Waals surface area contributed by atoms with E-state index in [0.717, 1.165) is 11.0 Å². The molecule has 0 atom stereocenters. The molecule has 1 heterocycles. The average Bonchev–Trinajstić information content (AvgIpc) is 2.17. The molecule has 0 bridgehead atoms. The first kappa shape index (κ1) is 10.6. The van der Waals surface area contributed by atoms with Crippen LogP contribution in [0.25, 0.3) is 11.0 Å². The van der Waals surface area contributed by atoms with E-state index < -0.39 is 0 Å². The summed E-state index contributed by atoms with van der Waals surface area (Å²) in [6.07, 6.45) is 5.47. The van der Waals surface area contributed by atoms with E-state index in [1.54, 1.807) is 12.4 Å². The minimum atomic E-state index is 0. The van der Waals surface area contributed by atoms with Gasteiger partial charge in [-0.15, -0.1) is 6.07 Å². The molecule has 0 aliphatic heterocycles. The fourth-order valence-corrected chi connectivity index (χ4v) is 1.16. The van der Waals surface area contributed by atoms with Gasteiger partial charge in [0.05, 0.1) is 5.52 Å². The molecule has 1 aromatic carbocycles. The first-order valence-electron chi connectivity index (χ1n) is 3.90. The normalized spacial score (nSPS) is 9.31. The molecule has 3 heteroatoms. The van der Waals surface area contributed by atoms with Gasteiger partial charge in [0.25, 0.3) is 0 Å². The summed E-state index contributed by atoms with van der Waals surface area (Å²) in [5, 5.41) is 0. The van der Waals surface area contributed by atoms with Crippen LogP contribution in [0.4, 0.5) is 0 Å². The van der Waals surface area contributed by atoms with E-state index >= 15 is 0 Å². The number of hydrogen-bond acceptors (Lipinski definition) is 2. The van der Waals surface area contributed by atoms with E-state index in [2.05, 4.69) is 9.97 Å². The molecule has 0 N–H and O–H groups in total. The molecule has 0 amide bonds. The number of rotatable bonds is 1. The zero-order chi connectivity index (χ0) is 8.39. The van der Waals surface area contributed by atoms with Crippen molar-refractivity contribution in [1.82, 2.24) is 9.97 Å². The van der Waals surface area contributed by atoms with Crippen molar-refractivity contribution < 1.29 is 32.7 Å². The number of aromatic nitrogens is 2. The topological polar surface area (TPSA) is 25.8 Å². The molecule has 0 aliphatic rings. The summed E-state index contributed by atoms with van der Waals surface area (Å²) < 4.78 is 0. The summed E-state index contributed by atoms with van der Waals surface area (Å²) >= 11 is 0. The van der Waals surface area contributed by atoms with E-state index in [4.69, 9.17) is 0 Å². The molecule has 0 fully saturated rings. The minimum absolute atomic E-state index is 0. The monoisotopic (exact) mass is 246 g/mol. The Bertz CT molecular complexity index is 401. The predicted octanol–water partition coefficient (Wildman–Crippen LogP) is 2.20. The summed E-state index contributed by atoms with van der Waals surface area (Å²) in [5.41, 5.74) is 3.08. The van der Waals surface area contributed by atoms with E-state index in [1.165, 1.54) is 5.56 Å². The molecule has 2 nitrogen and oxygen atoms in total. The van der Waals surface area contributed by atoms with Crippen molar-refractivity contribution in [2.75, 3.05) is 0 Å². The summed E-state index contributed by atoms with van der Waals surface area (Å²) in [6.45, 7) is 2.01. The standard InChI is InChI=1S/C10H9N2.Y/c1-2-8-3-4-9-10(7-8)12-6-5-11-9;/h2-7H,1H3;/q-1;. The summed E-state index contributed by atoms with van der Waals surface area (Å²) in [4.78, 5) is 8.39. The van der Waals surface area contributed by atoms with Crippen LogP contribution in [0, 0.1) is 6.42 Å². The van der Waals surface area contributed by atoms with Crippen molar-refractivity contribution >= 4 is 11.0 Å². The first-order chi connectivity index (χ1) is 5.90. The molecular weight excluding hydrogens is 237 g/mol. The van der Waals surface area contributed by atoms with Crippen LogP contribution in [-0.2, 0) is 32.7 Å². The fourth-order valence-electron chi connectivity index (χ4n) is 1.16. The van der Waals surface area contributed by atoms with Crippen LogP contribution in [-0.4, -0.2) is 9.97 Å². The van der Waals surface area contributed by atoms with Gasteiger partial charge in [0.2, 0.25) is 0 Å². The molecule has 13 heavy (non-hydrogen) atoms. The quantitative estimate of drug-likeness (QED) is 0.721. The zero-order valence-corrected chi connectivity index (χ0v) is 10.3. The second kappa shape index (κ2) is 4.68. The van der Waals surface area contributed by atoms with Gasteiger partial charge in [-0.05, 0) is 0 Å². The Labute approximate surface area is 103 Å². The summed E-state index contributed by atoms with van der Waals surface area (Å²) in [5.74, 6) is 0. The predicted molar refractivity (Wildman–Crippen MR) is 48.6 cm³/mol. The van der Waals surface area contributed by atoms with Gasteiger partial charge in [-0.25, -0.2) is 0 Å². The van der Waals surface area contributed by atoms with Crippen molar-refractivity contribution in [3.05, 3.63) is 42.6 Å². The Hall–Kier alpha value is -0.466. The molecule has 1 aromatic heterocycles. The smallest absolute Gasteiger partial charge is 0.0642 e. The van der Waals surface area contributed by atoms with E-state index in [0.29, 0.717) is 0 Å². The maximum absolute atomic E-state index is 4.21. The van der Waals surface area contributed by atoms with Gasteiger partial charge >= 0.3 is 0 Å². The molecule has 0 spiro atoms. The molecule has 0 saturated heterocycles. The fraction of sp³-hybridized carbons (Fsp3) is 0.100. The van der Waals surface area contributed by atoms with Crippen LogP contribution in [0.3, 0.4) is 0 Å². The largest absolute Gasteiger partial charge is 0.266 e. The Kier molecular flexibility index (Phi) is 3.82. The summed E-state index contributed by atoms with van der Waals surface area (Å²) in [6, 6.07) is 6.05. The van der Waals surface area contributed by atoms with Crippen LogP contribution in [0.15, 0.2) is 30.6 Å². The van der Waals surface area contributed by atoms with Crippen molar-refractivity contribution in [3.8, 4) is 0 Å². The van der Waals surface area contributed by atoms with Crippen molar-refractivity contribution in [2.24, 2.45) is 0 Å².